The summed E-state index contributed by atoms with van der Waals surface area (Å²) in [6, 6.07) is 9.28. The lowest BCUT2D eigenvalue weighted by atomic mass is 10.0. The molecule has 0 aromatic heterocycles. The highest BCUT2D eigenvalue weighted by Crippen LogP contribution is 2.25. The Labute approximate surface area is 98.4 Å². The standard InChI is InChI=1S/C15H21N/c1-11(2)14-6-3-12(4-7-14)9-13-5-8-15(16)10-13/h3-4,6-7,9,11,15H,5,8,10,16H2,1-2H3. The smallest absolute Gasteiger partial charge is 0.00792 e. The van der Waals surface area contributed by atoms with E-state index < -0.39 is 0 Å². The second kappa shape index (κ2) is 4.84. The summed E-state index contributed by atoms with van der Waals surface area (Å²) in [5, 5.41) is 0. The molecular weight excluding hydrogens is 194 g/mol. The zero-order chi connectivity index (χ0) is 11.5. The van der Waals surface area contributed by atoms with E-state index in [1.54, 1.807) is 0 Å². The maximum absolute atomic E-state index is 5.90. The van der Waals surface area contributed by atoms with Crippen LogP contribution in [0.1, 0.15) is 50.2 Å². The van der Waals surface area contributed by atoms with Crippen molar-refractivity contribution >= 4 is 6.08 Å². The van der Waals surface area contributed by atoms with Crippen LogP contribution in [0.25, 0.3) is 6.08 Å². The largest absolute Gasteiger partial charge is 0.327 e. The van der Waals surface area contributed by atoms with E-state index in [0.29, 0.717) is 12.0 Å². The van der Waals surface area contributed by atoms with Gasteiger partial charge in [-0.3, -0.25) is 0 Å². The van der Waals surface area contributed by atoms with Gasteiger partial charge < -0.3 is 5.73 Å². The average Bonchev–Trinajstić information content (AvgIpc) is 2.65. The minimum absolute atomic E-state index is 0.390. The van der Waals surface area contributed by atoms with Gasteiger partial charge in [0.15, 0.2) is 0 Å². The van der Waals surface area contributed by atoms with Crippen molar-refractivity contribution in [1.82, 2.24) is 0 Å². The molecule has 2 rings (SSSR count). The van der Waals surface area contributed by atoms with Crippen molar-refractivity contribution in [2.75, 3.05) is 0 Å². The summed E-state index contributed by atoms with van der Waals surface area (Å²) >= 11 is 0. The first-order chi connectivity index (χ1) is 7.65. The van der Waals surface area contributed by atoms with E-state index in [1.165, 1.54) is 23.1 Å². The van der Waals surface area contributed by atoms with Gasteiger partial charge in [-0.2, -0.15) is 0 Å². The second-order valence-corrected chi connectivity index (χ2v) is 5.13. The molecule has 1 aliphatic carbocycles. The van der Waals surface area contributed by atoms with Crippen LogP contribution in [0.15, 0.2) is 29.8 Å². The summed E-state index contributed by atoms with van der Waals surface area (Å²) in [6.07, 6.45) is 5.70. The summed E-state index contributed by atoms with van der Waals surface area (Å²) in [6.45, 7) is 4.45. The molecule has 0 saturated heterocycles. The van der Waals surface area contributed by atoms with E-state index in [1.807, 2.05) is 0 Å². The molecule has 1 atom stereocenters. The maximum Gasteiger partial charge on any atom is 0.00792 e. The highest BCUT2D eigenvalue weighted by Gasteiger charge is 2.14. The Kier molecular flexibility index (Phi) is 3.45. The first-order valence-corrected chi connectivity index (χ1v) is 6.20. The van der Waals surface area contributed by atoms with Gasteiger partial charge in [0.25, 0.3) is 0 Å². The predicted molar refractivity (Wildman–Crippen MR) is 70.3 cm³/mol. The molecule has 0 aliphatic heterocycles. The topological polar surface area (TPSA) is 26.0 Å². The molecule has 1 aliphatic rings. The quantitative estimate of drug-likeness (QED) is 0.799. The van der Waals surface area contributed by atoms with Crippen LogP contribution in [0.4, 0.5) is 0 Å². The molecule has 0 spiro atoms. The molecule has 0 heterocycles. The molecule has 1 fully saturated rings. The molecule has 1 aromatic rings. The van der Waals surface area contributed by atoms with Gasteiger partial charge in [0, 0.05) is 6.04 Å². The summed E-state index contributed by atoms with van der Waals surface area (Å²) in [5.41, 5.74) is 10.1. The fourth-order valence-electron chi connectivity index (χ4n) is 2.26. The highest BCUT2D eigenvalue weighted by molar-refractivity contribution is 5.54. The van der Waals surface area contributed by atoms with Crippen molar-refractivity contribution < 1.29 is 0 Å². The molecule has 1 saturated carbocycles. The van der Waals surface area contributed by atoms with Crippen LogP contribution in [-0.2, 0) is 0 Å². The van der Waals surface area contributed by atoms with Crippen LogP contribution < -0.4 is 5.73 Å². The molecule has 2 N–H and O–H groups in total. The summed E-state index contributed by atoms with van der Waals surface area (Å²) in [4.78, 5) is 0. The summed E-state index contributed by atoms with van der Waals surface area (Å²) in [5.74, 6) is 0.613. The number of hydrogen-bond acceptors (Lipinski definition) is 1. The van der Waals surface area contributed by atoms with E-state index in [-0.39, 0.29) is 0 Å². The van der Waals surface area contributed by atoms with Gasteiger partial charge in [0.2, 0.25) is 0 Å². The van der Waals surface area contributed by atoms with Crippen molar-refractivity contribution in [3.05, 3.63) is 41.0 Å². The van der Waals surface area contributed by atoms with Gasteiger partial charge in [0.1, 0.15) is 0 Å². The third kappa shape index (κ3) is 2.73. The fraction of sp³-hybridized carbons (Fsp3) is 0.467. The Morgan fingerprint density at radius 3 is 2.44 bits per heavy atom. The summed E-state index contributed by atoms with van der Waals surface area (Å²) in [7, 11) is 0. The average molecular weight is 215 g/mol. The lowest BCUT2D eigenvalue weighted by Gasteiger charge is -2.05. The SMILES string of the molecule is CC(C)c1ccc(C=C2CCC(N)C2)cc1. The van der Waals surface area contributed by atoms with E-state index in [9.17, 15) is 0 Å². The zero-order valence-corrected chi connectivity index (χ0v) is 10.2. The minimum Gasteiger partial charge on any atom is -0.327 e. The maximum atomic E-state index is 5.90. The number of benzene rings is 1. The van der Waals surface area contributed by atoms with Gasteiger partial charge >= 0.3 is 0 Å². The van der Waals surface area contributed by atoms with Crippen molar-refractivity contribution in [2.45, 2.75) is 45.1 Å². The van der Waals surface area contributed by atoms with E-state index in [0.717, 1.165) is 12.8 Å². The molecule has 1 nitrogen and oxygen atoms in total. The molecule has 1 heteroatoms. The van der Waals surface area contributed by atoms with Crippen molar-refractivity contribution in [1.29, 1.82) is 0 Å². The second-order valence-electron chi connectivity index (χ2n) is 5.13. The number of rotatable bonds is 2. The summed E-state index contributed by atoms with van der Waals surface area (Å²) < 4.78 is 0. The van der Waals surface area contributed by atoms with Crippen molar-refractivity contribution in [3.63, 3.8) is 0 Å². The van der Waals surface area contributed by atoms with E-state index in [2.05, 4.69) is 44.2 Å². The van der Waals surface area contributed by atoms with E-state index >= 15 is 0 Å². The Bertz CT molecular complexity index is 373. The zero-order valence-electron chi connectivity index (χ0n) is 10.2. The van der Waals surface area contributed by atoms with Gasteiger partial charge in [-0.1, -0.05) is 49.8 Å². The van der Waals surface area contributed by atoms with Gasteiger partial charge in [-0.15, -0.1) is 0 Å². The Morgan fingerprint density at radius 1 is 1.25 bits per heavy atom. The van der Waals surface area contributed by atoms with Crippen LogP contribution in [0.3, 0.4) is 0 Å². The predicted octanol–water partition coefficient (Wildman–Crippen LogP) is 3.70. The third-order valence-electron chi connectivity index (χ3n) is 3.33. The third-order valence-corrected chi connectivity index (χ3v) is 3.33. The lowest BCUT2D eigenvalue weighted by Crippen LogP contribution is -2.13. The molecule has 0 bridgehead atoms. The Balaban J connectivity index is 2.10. The van der Waals surface area contributed by atoms with Crippen LogP contribution in [0, 0.1) is 0 Å². The first kappa shape index (κ1) is 11.4. The molecule has 16 heavy (non-hydrogen) atoms. The number of nitrogens with two attached hydrogens (primary N) is 1. The van der Waals surface area contributed by atoms with Crippen LogP contribution in [0.2, 0.25) is 0 Å². The normalized spacial score (nSPS) is 23.2. The van der Waals surface area contributed by atoms with Gasteiger partial charge in [-0.25, -0.2) is 0 Å². The Hall–Kier alpha value is -1.08. The molecule has 1 unspecified atom stereocenters. The molecular formula is C15H21N. The fourth-order valence-corrected chi connectivity index (χ4v) is 2.26. The van der Waals surface area contributed by atoms with Crippen LogP contribution in [-0.4, -0.2) is 6.04 Å². The monoisotopic (exact) mass is 215 g/mol. The van der Waals surface area contributed by atoms with Crippen molar-refractivity contribution in [2.24, 2.45) is 5.73 Å². The van der Waals surface area contributed by atoms with E-state index in [4.69, 9.17) is 5.73 Å². The van der Waals surface area contributed by atoms with Gasteiger partial charge in [0.05, 0.1) is 0 Å². The number of hydrogen-bond donors (Lipinski definition) is 1. The minimum atomic E-state index is 0.390. The van der Waals surface area contributed by atoms with Gasteiger partial charge in [-0.05, 0) is 36.3 Å². The van der Waals surface area contributed by atoms with Crippen LogP contribution in [0.5, 0.6) is 0 Å². The Morgan fingerprint density at radius 2 is 1.94 bits per heavy atom. The lowest BCUT2D eigenvalue weighted by molar-refractivity contribution is 0.711. The van der Waals surface area contributed by atoms with Crippen LogP contribution >= 0.6 is 0 Å². The molecule has 0 amide bonds. The molecule has 1 aromatic carbocycles. The molecule has 0 radical (unpaired) electrons. The van der Waals surface area contributed by atoms with Crippen molar-refractivity contribution in [3.8, 4) is 0 Å². The first-order valence-electron chi connectivity index (χ1n) is 6.20. The highest BCUT2D eigenvalue weighted by atomic mass is 14.6. The molecule has 86 valence electrons.